The smallest absolute Gasteiger partial charge is 0.262 e. The number of hydrogen-bond acceptors (Lipinski definition) is 4. The summed E-state index contributed by atoms with van der Waals surface area (Å²) >= 11 is 1.37. The van der Waals surface area contributed by atoms with Gasteiger partial charge in [-0.1, -0.05) is 18.3 Å². The van der Waals surface area contributed by atoms with Crippen LogP contribution in [0.1, 0.15) is 18.4 Å². The molecule has 0 aliphatic carbocycles. The molecule has 0 aliphatic rings. The standard InChI is InChI=1S/C8H10N4OS/c1-3-7-11-12(2)8(14-7)10-6(13)4-5-9/h3-4H2,1-2H3. The van der Waals surface area contributed by atoms with Crippen LogP contribution in [-0.2, 0) is 18.3 Å². The van der Waals surface area contributed by atoms with Crippen molar-refractivity contribution in [3.8, 4) is 6.07 Å². The van der Waals surface area contributed by atoms with Gasteiger partial charge in [-0.25, -0.2) is 4.68 Å². The molecule has 1 amide bonds. The van der Waals surface area contributed by atoms with Crippen molar-refractivity contribution in [2.24, 2.45) is 12.0 Å². The molecule has 0 bridgehead atoms. The predicted molar refractivity (Wildman–Crippen MR) is 51.3 cm³/mol. The average molecular weight is 210 g/mol. The minimum Gasteiger partial charge on any atom is -0.271 e. The lowest BCUT2D eigenvalue weighted by atomic mass is 10.5. The van der Waals surface area contributed by atoms with E-state index in [2.05, 4.69) is 10.1 Å². The second-order valence-corrected chi connectivity index (χ2v) is 3.64. The molecule has 1 aromatic rings. The van der Waals surface area contributed by atoms with Gasteiger partial charge in [-0.15, -0.1) is 0 Å². The molecule has 74 valence electrons. The molecule has 0 radical (unpaired) electrons. The van der Waals surface area contributed by atoms with Gasteiger partial charge in [0.2, 0.25) is 4.80 Å². The van der Waals surface area contributed by atoms with Crippen molar-refractivity contribution < 1.29 is 4.79 Å². The normalized spacial score (nSPS) is 11.4. The van der Waals surface area contributed by atoms with Crippen molar-refractivity contribution >= 4 is 17.2 Å². The SMILES string of the molecule is CCc1nn(C)c(=NC(=O)CC#N)s1. The number of carbonyl (C=O) groups is 1. The molecule has 0 spiro atoms. The summed E-state index contributed by atoms with van der Waals surface area (Å²) in [6.45, 7) is 1.99. The van der Waals surface area contributed by atoms with Gasteiger partial charge in [0.25, 0.3) is 5.91 Å². The van der Waals surface area contributed by atoms with E-state index in [-0.39, 0.29) is 6.42 Å². The van der Waals surface area contributed by atoms with Gasteiger partial charge < -0.3 is 0 Å². The molecule has 14 heavy (non-hydrogen) atoms. The molecule has 1 heterocycles. The minimum atomic E-state index is -0.422. The van der Waals surface area contributed by atoms with E-state index in [1.54, 1.807) is 17.8 Å². The molecule has 0 saturated carbocycles. The molecule has 0 N–H and O–H groups in total. The van der Waals surface area contributed by atoms with E-state index in [1.165, 1.54) is 11.3 Å². The fraction of sp³-hybridized carbons (Fsp3) is 0.500. The van der Waals surface area contributed by atoms with Crippen molar-refractivity contribution in [2.75, 3.05) is 0 Å². The van der Waals surface area contributed by atoms with E-state index in [1.807, 2.05) is 6.92 Å². The van der Waals surface area contributed by atoms with Crippen LogP contribution in [0.15, 0.2) is 4.99 Å². The number of carbonyl (C=O) groups excluding carboxylic acids is 1. The van der Waals surface area contributed by atoms with E-state index < -0.39 is 5.91 Å². The van der Waals surface area contributed by atoms with Crippen LogP contribution in [-0.4, -0.2) is 15.7 Å². The topological polar surface area (TPSA) is 71.0 Å². The summed E-state index contributed by atoms with van der Waals surface area (Å²) in [7, 11) is 1.73. The van der Waals surface area contributed by atoms with Gasteiger partial charge in [0.05, 0.1) is 6.07 Å². The summed E-state index contributed by atoms with van der Waals surface area (Å²) in [6.07, 6.45) is 0.639. The summed E-state index contributed by atoms with van der Waals surface area (Å²) in [5.74, 6) is -0.422. The predicted octanol–water partition coefficient (Wildman–Crippen LogP) is 0.385. The first kappa shape index (κ1) is 10.6. The molecule has 0 unspecified atom stereocenters. The van der Waals surface area contributed by atoms with Crippen molar-refractivity contribution in [3.63, 3.8) is 0 Å². The highest BCUT2D eigenvalue weighted by atomic mass is 32.1. The Balaban J connectivity index is 3.01. The van der Waals surface area contributed by atoms with Crippen molar-refractivity contribution in [1.82, 2.24) is 9.78 Å². The van der Waals surface area contributed by atoms with E-state index in [4.69, 9.17) is 5.26 Å². The quantitative estimate of drug-likeness (QED) is 0.708. The molecule has 0 fully saturated rings. The first-order valence-electron chi connectivity index (χ1n) is 4.15. The fourth-order valence-electron chi connectivity index (χ4n) is 0.854. The molecule has 1 rings (SSSR count). The lowest BCUT2D eigenvalue weighted by Gasteiger charge is -1.85. The van der Waals surface area contributed by atoms with Crippen LogP contribution in [0.5, 0.6) is 0 Å². The number of nitrogens with zero attached hydrogens (tertiary/aromatic N) is 4. The van der Waals surface area contributed by atoms with Gasteiger partial charge in [-0.05, 0) is 6.42 Å². The zero-order valence-electron chi connectivity index (χ0n) is 8.02. The largest absolute Gasteiger partial charge is 0.271 e. The average Bonchev–Trinajstić information content (AvgIpc) is 2.48. The summed E-state index contributed by atoms with van der Waals surface area (Å²) in [5.41, 5.74) is 0. The number of rotatable bonds is 2. The Morgan fingerprint density at radius 3 is 3.00 bits per heavy atom. The summed E-state index contributed by atoms with van der Waals surface area (Å²) in [6, 6.07) is 1.76. The number of hydrogen-bond donors (Lipinski definition) is 0. The van der Waals surface area contributed by atoms with Gasteiger partial charge in [-0.3, -0.25) is 4.79 Å². The lowest BCUT2D eigenvalue weighted by molar-refractivity contribution is -0.117. The summed E-state index contributed by atoms with van der Waals surface area (Å²) in [4.78, 5) is 15.4. The van der Waals surface area contributed by atoms with Gasteiger partial charge in [-0.2, -0.15) is 15.4 Å². The fourth-order valence-corrected chi connectivity index (χ4v) is 1.69. The lowest BCUT2D eigenvalue weighted by Crippen LogP contribution is -2.14. The Labute approximate surface area is 85.3 Å². The maximum Gasteiger partial charge on any atom is 0.262 e. The van der Waals surface area contributed by atoms with Crippen LogP contribution in [0.3, 0.4) is 0 Å². The van der Waals surface area contributed by atoms with Crippen LogP contribution >= 0.6 is 11.3 Å². The first-order valence-corrected chi connectivity index (χ1v) is 4.96. The highest BCUT2D eigenvalue weighted by Crippen LogP contribution is 1.98. The molecule has 0 aromatic carbocycles. The Morgan fingerprint density at radius 1 is 1.79 bits per heavy atom. The van der Waals surface area contributed by atoms with E-state index in [0.717, 1.165) is 11.4 Å². The Kier molecular flexibility index (Phi) is 3.54. The van der Waals surface area contributed by atoms with Crippen LogP contribution < -0.4 is 4.80 Å². The van der Waals surface area contributed by atoms with Crippen LogP contribution in [0.4, 0.5) is 0 Å². The zero-order valence-corrected chi connectivity index (χ0v) is 8.84. The number of aryl methyl sites for hydroxylation is 2. The van der Waals surface area contributed by atoms with Gasteiger partial charge >= 0.3 is 0 Å². The van der Waals surface area contributed by atoms with Crippen LogP contribution in [0.2, 0.25) is 0 Å². The zero-order chi connectivity index (χ0) is 10.6. The molecule has 5 nitrogen and oxygen atoms in total. The number of aromatic nitrogens is 2. The van der Waals surface area contributed by atoms with Gasteiger partial charge in [0.1, 0.15) is 11.4 Å². The summed E-state index contributed by atoms with van der Waals surface area (Å²) < 4.78 is 1.55. The molecule has 1 aromatic heterocycles. The second kappa shape index (κ2) is 4.67. The Bertz CT molecular complexity index is 437. The molecule has 0 atom stereocenters. The van der Waals surface area contributed by atoms with Crippen LogP contribution in [0.25, 0.3) is 0 Å². The third-order valence-electron chi connectivity index (χ3n) is 1.50. The molecule has 6 heteroatoms. The first-order chi connectivity index (χ1) is 6.67. The van der Waals surface area contributed by atoms with Gasteiger partial charge in [0.15, 0.2) is 0 Å². The number of amides is 1. The summed E-state index contributed by atoms with van der Waals surface area (Å²) in [5, 5.41) is 13.4. The maximum absolute atomic E-state index is 11.0. The van der Waals surface area contributed by atoms with Gasteiger partial charge in [0, 0.05) is 7.05 Å². The van der Waals surface area contributed by atoms with Crippen molar-refractivity contribution in [3.05, 3.63) is 9.81 Å². The molecule has 0 aliphatic heterocycles. The highest BCUT2D eigenvalue weighted by molar-refractivity contribution is 7.08. The molecule has 0 saturated heterocycles. The molecular formula is C8H10N4OS. The Hall–Kier alpha value is -1.48. The number of nitriles is 1. The molecular weight excluding hydrogens is 200 g/mol. The van der Waals surface area contributed by atoms with E-state index in [0.29, 0.717) is 4.80 Å². The van der Waals surface area contributed by atoms with E-state index in [9.17, 15) is 4.79 Å². The third-order valence-corrected chi connectivity index (χ3v) is 2.64. The monoisotopic (exact) mass is 210 g/mol. The third kappa shape index (κ3) is 2.50. The second-order valence-electron chi connectivity index (χ2n) is 2.60. The maximum atomic E-state index is 11.0. The Morgan fingerprint density at radius 2 is 2.50 bits per heavy atom. The highest BCUT2D eigenvalue weighted by Gasteiger charge is 2.01. The van der Waals surface area contributed by atoms with Crippen molar-refractivity contribution in [2.45, 2.75) is 19.8 Å². The van der Waals surface area contributed by atoms with Crippen LogP contribution in [0, 0.1) is 11.3 Å². The minimum absolute atomic E-state index is 0.181. The van der Waals surface area contributed by atoms with Crippen molar-refractivity contribution in [1.29, 1.82) is 5.26 Å². The van der Waals surface area contributed by atoms with E-state index >= 15 is 0 Å².